The summed E-state index contributed by atoms with van der Waals surface area (Å²) in [6.45, 7) is 15.7. The van der Waals surface area contributed by atoms with Gasteiger partial charge in [-0.2, -0.15) is 0 Å². The lowest BCUT2D eigenvalue weighted by molar-refractivity contribution is -0.161. The predicted octanol–water partition coefficient (Wildman–Crippen LogP) is 3.74. The quantitative estimate of drug-likeness (QED) is 0.522. The molecule has 2 saturated heterocycles. The van der Waals surface area contributed by atoms with E-state index >= 15 is 0 Å². The van der Waals surface area contributed by atoms with Gasteiger partial charge in [-0.1, -0.05) is 19.8 Å². The third kappa shape index (κ3) is 8.17. The van der Waals surface area contributed by atoms with Gasteiger partial charge >= 0.3 is 6.09 Å². The molecule has 2 aliphatic rings. The summed E-state index contributed by atoms with van der Waals surface area (Å²) in [6, 6.07) is -0.497. The Hall–Kier alpha value is -0.930. The van der Waals surface area contributed by atoms with E-state index in [2.05, 4.69) is 12.2 Å². The number of hydrogen-bond acceptors (Lipinski definition) is 7. The van der Waals surface area contributed by atoms with Crippen LogP contribution in [0.4, 0.5) is 4.79 Å². The Kier molecular flexibility index (Phi) is 8.78. The molecular weight excluding hydrogens is 402 g/mol. The number of unbranched alkanes of at least 4 members (excludes halogenated alkanes) is 2. The molecule has 0 spiro atoms. The lowest BCUT2D eigenvalue weighted by atomic mass is 9.89. The number of rotatable bonds is 9. The lowest BCUT2D eigenvalue weighted by Gasteiger charge is -2.34. The molecule has 0 aromatic rings. The Morgan fingerprint density at radius 2 is 1.71 bits per heavy atom. The van der Waals surface area contributed by atoms with E-state index in [1.165, 1.54) is 0 Å². The van der Waals surface area contributed by atoms with E-state index in [1.54, 1.807) is 0 Å². The molecular formula is C23H43NO7. The van der Waals surface area contributed by atoms with Crippen molar-refractivity contribution in [3.63, 3.8) is 0 Å². The molecule has 2 fully saturated rings. The van der Waals surface area contributed by atoms with Gasteiger partial charge in [-0.15, -0.1) is 0 Å². The number of ether oxygens (including phenoxy) is 5. The summed E-state index contributed by atoms with van der Waals surface area (Å²) in [5.74, 6) is -1.32. The summed E-state index contributed by atoms with van der Waals surface area (Å²) in [7, 11) is 0. The number of hydrogen-bond donors (Lipinski definition) is 2. The number of nitrogens with one attached hydrogen (secondary N) is 1. The highest BCUT2D eigenvalue weighted by Crippen LogP contribution is 2.38. The maximum absolute atomic E-state index is 12.7. The third-order valence-electron chi connectivity index (χ3n) is 5.51. The van der Waals surface area contributed by atoms with Gasteiger partial charge < -0.3 is 34.1 Å². The van der Waals surface area contributed by atoms with Gasteiger partial charge in [0.05, 0.1) is 18.8 Å². The molecule has 0 saturated carbocycles. The highest BCUT2D eigenvalue weighted by atomic mass is 16.8. The largest absolute Gasteiger partial charge is 0.444 e. The number of alkyl carbamates (subject to hydrolysis) is 1. The summed E-state index contributed by atoms with van der Waals surface area (Å²) < 4.78 is 30.0. The minimum absolute atomic E-state index is 0.198. The average Bonchev–Trinajstić information content (AvgIpc) is 3.13. The third-order valence-corrected chi connectivity index (χ3v) is 5.51. The standard InChI is InChI=1S/C23H43NO7/c1-15(12-10-9-11-13-25)18-19(30-23(7,8)29-18)17(16-14-27-22(5,6)28-16)24-20(26)31-21(2,3)4/h15-19,25H,9-14H2,1-8H3,(H,24,26)/t15-,16+,17-,18-,19-/m0/s1. The summed E-state index contributed by atoms with van der Waals surface area (Å²) in [4.78, 5) is 12.7. The fourth-order valence-corrected chi connectivity index (χ4v) is 4.18. The second-order valence-electron chi connectivity index (χ2n) is 10.7. The van der Waals surface area contributed by atoms with Crippen LogP contribution in [0.25, 0.3) is 0 Å². The van der Waals surface area contributed by atoms with Gasteiger partial charge in [0.15, 0.2) is 11.6 Å². The van der Waals surface area contributed by atoms with Crippen molar-refractivity contribution in [2.75, 3.05) is 13.2 Å². The zero-order chi connectivity index (χ0) is 23.4. The number of amides is 1. The normalized spacial score (nSPS) is 29.5. The molecule has 8 heteroatoms. The second-order valence-corrected chi connectivity index (χ2v) is 10.7. The Morgan fingerprint density at radius 3 is 2.26 bits per heavy atom. The molecule has 1 amide bonds. The molecule has 0 aromatic carbocycles. The number of aliphatic hydroxyl groups is 1. The van der Waals surface area contributed by atoms with E-state index in [-0.39, 0.29) is 18.6 Å². The minimum Gasteiger partial charge on any atom is -0.444 e. The van der Waals surface area contributed by atoms with E-state index in [4.69, 9.17) is 28.8 Å². The lowest BCUT2D eigenvalue weighted by Crippen LogP contribution is -2.56. The number of carbonyl (C=O) groups is 1. The van der Waals surface area contributed by atoms with E-state index in [0.29, 0.717) is 6.61 Å². The van der Waals surface area contributed by atoms with Crippen LogP contribution in [0.3, 0.4) is 0 Å². The first-order valence-electron chi connectivity index (χ1n) is 11.5. The highest BCUT2D eigenvalue weighted by molar-refractivity contribution is 5.68. The predicted molar refractivity (Wildman–Crippen MR) is 117 cm³/mol. The Bertz CT molecular complexity index is 587. The zero-order valence-electron chi connectivity index (χ0n) is 20.5. The van der Waals surface area contributed by atoms with Gasteiger partial charge in [0, 0.05) is 6.61 Å². The number of aliphatic hydroxyl groups excluding tert-OH is 1. The molecule has 0 aromatic heterocycles. The molecule has 0 bridgehead atoms. The van der Waals surface area contributed by atoms with E-state index in [1.807, 2.05) is 48.5 Å². The van der Waals surface area contributed by atoms with Crippen LogP contribution in [0.5, 0.6) is 0 Å². The van der Waals surface area contributed by atoms with Crippen LogP contribution in [0.2, 0.25) is 0 Å². The molecule has 8 nitrogen and oxygen atoms in total. The van der Waals surface area contributed by atoms with Crippen LogP contribution >= 0.6 is 0 Å². The summed E-state index contributed by atoms with van der Waals surface area (Å²) in [5, 5.41) is 12.0. The van der Waals surface area contributed by atoms with Crippen molar-refractivity contribution in [1.29, 1.82) is 0 Å². The van der Waals surface area contributed by atoms with E-state index in [0.717, 1.165) is 25.7 Å². The summed E-state index contributed by atoms with van der Waals surface area (Å²) in [5.41, 5.74) is -0.618. The molecule has 2 heterocycles. The minimum atomic E-state index is -0.780. The van der Waals surface area contributed by atoms with Crippen LogP contribution in [-0.4, -0.2) is 65.9 Å². The maximum Gasteiger partial charge on any atom is 0.408 e. The van der Waals surface area contributed by atoms with E-state index in [9.17, 15) is 4.79 Å². The molecule has 2 rings (SSSR count). The van der Waals surface area contributed by atoms with Gasteiger partial charge in [-0.25, -0.2) is 4.79 Å². The van der Waals surface area contributed by atoms with Crippen molar-refractivity contribution in [2.45, 2.75) is 123 Å². The van der Waals surface area contributed by atoms with Crippen LogP contribution in [0, 0.1) is 5.92 Å². The van der Waals surface area contributed by atoms with Crippen molar-refractivity contribution in [3.8, 4) is 0 Å². The second kappa shape index (κ2) is 10.3. The fraction of sp³-hybridized carbons (Fsp3) is 0.957. The highest BCUT2D eigenvalue weighted by Gasteiger charge is 2.52. The van der Waals surface area contributed by atoms with Gasteiger partial charge in [-0.3, -0.25) is 0 Å². The molecule has 5 atom stereocenters. The van der Waals surface area contributed by atoms with Crippen LogP contribution < -0.4 is 5.32 Å². The molecule has 0 radical (unpaired) electrons. The first kappa shape index (κ1) is 26.3. The summed E-state index contributed by atoms with van der Waals surface area (Å²) in [6.07, 6.45) is 2.14. The molecule has 0 unspecified atom stereocenters. The van der Waals surface area contributed by atoms with Gasteiger partial charge in [0.25, 0.3) is 0 Å². The van der Waals surface area contributed by atoms with Gasteiger partial charge in [0.2, 0.25) is 0 Å². The Morgan fingerprint density at radius 1 is 1.06 bits per heavy atom. The molecule has 0 aliphatic carbocycles. The van der Waals surface area contributed by atoms with Gasteiger partial charge in [-0.05, 0) is 67.2 Å². The Balaban J connectivity index is 2.20. The van der Waals surface area contributed by atoms with Gasteiger partial charge in [0.1, 0.15) is 17.8 Å². The summed E-state index contributed by atoms with van der Waals surface area (Å²) >= 11 is 0. The monoisotopic (exact) mass is 445 g/mol. The molecule has 31 heavy (non-hydrogen) atoms. The molecule has 182 valence electrons. The van der Waals surface area contributed by atoms with Crippen molar-refractivity contribution in [2.24, 2.45) is 5.92 Å². The van der Waals surface area contributed by atoms with E-state index < -0.39 is 41.5 Å². The average molecular weight is 446 g/mol. The van der Waals surface area contributed by atoms with Crippen LogP contribution in [0.15, 0.2) is 0 Å². The van der Waals surface area contributed by atoms with Crippen LogP contribution in [0.1, 0.15) is 81.1 Å². The molecule has 2 aliphatic heterocycles. The van der Waals surface area contributed by atoms with Crippen LogP contribution in [-0.2, 0) is 23.7 Å². The van der Waals surface area contributed by atoms with Crippen molar-refractivity contribution >= 4 is 6.09 Å². The van der Waals surface area contributed by atoms with Crippen molar-refractivity contribution in [1.82, 2.24) is 5.32 Å². The first-order chi connectivity index (χ1) is 14.2. The first-order valence-corrected chi connectivity index (χ1v) is 11.5. The Labute approximate surface area is 187 Å². The number of carbonyl (C=O) groups excluding carboxylic acids is 1. The molecule has 2 N–H and O–H groups in total. The topological polar surface area (TPSA) is 95.5 Å². The zero-order valence-corrected chi connectivity index (χ0v) is 20.5. The van der Waals surface area contributed by atoms with Crippen molar-refractivity contribution in [3.05, 3.63) is 0 Å². The van der Waals surface area contributed by atoms with Crippen molar-refractivity contribution < 1.29 is 33.6 Å². The smallest absolute Gasteiger partial charge is 0.408 e. The fourth-order valence-electron chi connectivity index (χ4n) is 4.18. The SMILES string of the molecule is C[C@@H](CCCCCO)[C@@H]1OC(C)(C)O[C@H]1[C@@H](NC(=O)OC(C)(C)C)[C@H]1COC(C)(C)O1. The maximum atomic E-state index is 12.7.